The number of nitrogens with zero attached hydrogens (tertiary/aromatic N) is 1. The lowest BCUT2D eigenvalue weighted by atomic mass is 10.3. The number of phenols is 1. The zero-order valence-corrected chi connectivity index (χ0v) is 9.81. The number of anilines is 1. The predicted molar refractivity (Wildman–Crippen MR) is 60.9 cm³/mol. The van der Waals surface area contributed by atoms with Gasteiger partial charge < -0.3 is 10.2 Å². The van der Waals surface area contributed by atoms with E-state index in [9.17, 15) is 13.2 Å². The second-order valence-corrected chi connectivity index (χ2v) is 5.08. The summed E-state index contributed by atoms with van der Waals surface area (Å²) in [6.07, 6.45) is 0. The highest BCUT2D eigenvalue weighted by molar-refractivity contribution is 7.90. The van der Waals surface area contributed by atoms with Gasteiger partial charge in [0.05, 0.1) is 5.69 Å². The Balaban J connectivity index is 2.83. The minimum Gasteiger partial charge on any atom is -0.508 e. The van der Waals surface area contributed by atoms with Crippen LogP contribution in [0.5, 0.6) is 5.75 Å². The van der Waals surface area contributed by atoms with Crippen LogP contribution in [0.15, 0.2) is 24.3 Å². The van der Waals surface area contributed by atoms with E-state index in [1.54, 1.807) is 0 Å². The molecule has 1 aromatic carbocycles. The predicted octanol–water partition coefficient (Wildman–Crippen LogP) is 0.0653. The van der Waals surface area contributed by atoms with E-state index in [0.717, 1.165) is 7.05 Å². The van der Waals surface area contributed by atoms with Gasteiger partial charge in [-0.2, -0.15) is 12.7 Å². The van der Waals surface area contributed by atoms with E-state index in [-0.39, 0.29) is 11.4 Å². The summed E-state index contributed by atoms with van der Waals surface area (Å²) < 4.78 is 26.0. The number of phenolic OH excluding ortho intramolecular Hbond substituents is 1. The van der Waals surface area contributed by atoms with E-state index < -0.39 is 22.7 Å². The molecule has 0 unspecified atom stereocenters. The molecule has 0 saturated carbocycles. The summed E-state index contributed by atoms with van der Waals surface area (Å²) in [5, 5.41) is 17.6. The molecule has 0 aliphatic heterocycles. The van der Waals surface area contributed by atoms with Gasteiger partial charge in [-0.25, -0.2) is 0 Å². The van der Waals surface area contributed by atoms with Crippen LogP contribution in [-0.4, -0.2) is 42.5 Å². The van der Waals surface area contributed by atoms with E-state index >= 15 is 0 Å². The van der Waals surface area contributed by atoms with Crippen LogP contribution in [0.4, 0.5) is 5.69 Å². The number of carboxylic acid groups (broad SMARTS) is 1. The van der Waals surface area contributed by atoms with Gasteiger partial charge in [0.15, 0.2) is 0 Å². The SMILES string of the molecule is CN(CC(=O)O)S(=O)(=O)Nc1cccc(O)c1. The number of carboxylic acids is 1. The third-order valence-electron chi connectivity index (χ3n) is 1.86. The Bertz CT molecular complexity index is 514. The van der Waals surface area contributed by atoms with Crippen molar-refractivity contribution in [3.05, 3.63) is 24.3 Å². The van der Waals surface area contributed by atoms with Crippen LogP contribution in [0.3, 0.4) is 0 Å². The minimum atomic E-state index is -3.93. The topological polar surface area (TPSA) is 107 Å². The third kappa shape index (κ3) is 3.93. The second-order valence-electron chi connectivity index (χ2n) is 3.31. The van der Waals surface area contributed by atoms with Gasteiger partial charge in [-0.3, -0.25) is 9.52 Å². The summed E-state index contributed by atoms with van der Waals surface area (Å²) in [7, 11) is -2.80. The van der Waals surface area contributed by atoms with Crippen LogP contribution in [0.25, 0.3) is 0 Å². The van der Waals surface area contributed by atoms with Crippen molar-refractivity contribution in [3.8, 4) is 5.75 Å². The summed E-state index contributed by atoms with van der Waals surface area (Å²) in [5.74, 6) is -1.35. The van der Waals surface area contributed by atoms with E-state index in [0.29, 0.717) is 4.31 Å². The van der Waals surface area contributed by atoms with Crippen molar-refractivity contribution in [3.63, 3.8) is 0 Å². The normalized spacial score (nSPS) is 11.4. The lowest BCUT2D eigenvalue weighted by Crippen LogP contribution is -2.36. The maximum atomic E-state index is 11.6. The van der Waals surface area contributed by atoms with E-state index in [4.69, 9.17) is 10.2 Å². The summed E-state index contributed by atoms with van der Waals surface area (Å²) in [5.41, 5.74) is 0.155. The van der Waals surface area contributed by atoms with Gasteiger partial charge in [-0.15, -0.1) is 0 Å². The van der Waals surface area contributed by atoms with Crippen molar-refractivity contribution in [2.45, 2.75) is 0 Å². The molecular formula is C9H12N2O5S. The fourth-order valence-electron chi connectivity index (χ4n) is 1.07. The molecule has 0 bridgehead atoms. The van der Waals surface area contributed by atoms with Crippen molar-refractivity contribution >= 4 is 21.9 Å². The summed E-state index contributed by atoms with van der Waals surface area (Å²) in [6, 6.07) is 5.50. The van der Waals surface area contributed by atoms with Crippen molar-refractivity contribution in [1.82, 2.24) is 4.31 Å². The second kappa shape index (κ2) is 5.02. The molecule has 1 rings (SSSR count). The van der Waals surface area contributed by atoms with Crippen molar-refractivity contribution in [2.75, 3.05) is 18.3 Å². The van der Waals surface area contributed by atoms with Gasteiger partial charge in [0.2, 0.25) is 0 Å². The minimum absolute atomic E-state index is 0.0916. The monoisotopic (exact) mass is 260 g/mol. The first-order chi connectivity index (χ1) is 7.81. The molecule has 0 aliphatic rings. The molecular weight excluding hydrogens is 248 g/mol. The van der Waals surface area contributed by atoms with Gasteiger partial charge in [0, 0.05) is 13.1 Å². The van der Waals surface area contributed by atoms with Crippen LogP contribution in [0, 0.1) is 0 Å². The molecule has 0 spiro atoms. The largest absolute Gasteiger partial charge is 0.508 e. The van der Waals surface area contributed by atoms with Crippen molar-refractivity contribution in [1.29, 1.82) is 0 Å². The van der Waals surface area contributed by atoms with E-state index in [1.807, 2.05) is 0 Å². The van der Waals surface area contributed by atoms with Gasteiger partial charge >= 0.3 is 16.2 Å². The van der Waals surface area contributed by atoms with E-state index in [2.05, 4.69) is 4.72 Å². The van der Waals surface area contributed by atoms with Crippen LogP contribution in [0.2, 0.25) is 0 Å². The molecule has 0 aromatic heterocycles. The number of benzene rings is 1. The highest BCUT2D eigenvalue weighted by Gasteiger charge is 2.19. The molecule has 0 radical (unpaired) electrons. The number of hydrogen-bond donors (Lipinski definition) is 3. The van der Waals surface area contributed by atoms with Crippen LogP contribution in [-0.2, 0) is 15.0 Å². The molecule has 7 nitrogen and oxygen atoms in total. The van der Waals surface area contributed by atoms with Crippen molar-refractivity contribution in [2.24, 2.45) is 0 Å². The number of likely N-dealkylation sites (N-methyl/N-ethyl adjacent to an activating group) is 1. The first-order valence-electron chi connectivity index (χ1n) is 4.56. The number of rotatable bonds is 5. The zero-order chi connectivity index (χ0) is 13.1. The molecule has 8 heteroatoms. The molecule has 0 heterocycles. The fourth-order valence-corrected chi connectivity index (χ4v) is 1.93. The lowest BCUT2D eigenvalue weighted by molar-refractivity contribution is -0.137. The summed E-state index contributed by atoms with van der Waals surface area (Å²) in [4.78, 5) is 10.4. The summed E-state index contributed by atoms with van der Waals surface area (Å²) >= 11 is 0. The Morgan fingerprint density at radius 2 is 2.12 bits per heavy atom. The highest BCUT2D eigenvalue weighted by Crippen LogP contribution is 2.17. The molecule has 0 fully saturated rings. The average molecular weight is 260 g/mol. The number of carbonyl (C=O) groups is 1. The zero-order valence-electron chi connectivity index (χ0n) is 8.99. The van der Waals surface area contributed by atoms with Crippen molar-refractivity contribution < 1.29 is 23.4 Å². The molecule has 1 aromatic rings. The average Bonchev–Trinajstić information content (AvgIpc) is 2.15. The van der Waals surface area contributed by atoms with Crippen LogP contribution >= 0.6 is 0 Å². The standard InChI is InChI=1S/C9H12N2O5S/c1-11(6-9(13)14)17(15,16)10-7-3-2-4-8(12)5-7/h2-5,10,12H,6H2,1H3,(H,13,14). The van der Waals surface area contributed by atoms with Gasteiger partial charge in [-0.05, 0) is 12.1 Å². The molecule has 0 saturated heterocycles. The Morgan fingerprint density at radius 1 is 1.47 bits per heavy atom. The highest BCUT2D eigenvalue weighted by atomic mass is 32.2. The molecule has 0 amide bonds. The smallest absolute Gasteiger partial charge is 0.318 e. The Labute approximate surface area is 98.5 Å². The number of nitrogens with one attached hydrogen (secondary N) is 1. The van der Waals surface area contributed by atoms with Crippen LogP contribution in [0.1, 0.15) is 0 Å². The lowest BCUT2D eigenvalue weighted by Gasteiger charge is -2.16. The maximum absolute atomic E-state index is 11.6. The van der Waals surface area contributed by atoms with Gasteiger partial charge in [-0.1, -0.05) is 6.07 Å². The summed E-state index contributed by atoms with van der Waals surface area (Å²) in [6.45, 7) is -0.645. The molecule has 17 heavy (non-hydrogen) atoms. The molecule has 3 N–H and O–H groups in total. The molecule has 0 aliphatic carbocycles. The molecule has 0 atom stereocenters. The Hall–Kier alpha value is -1.80. The third-order valence-corrected chi connectivity index (χ3v) is 3.30. The van der Waals surface area contributed by atoms with Gasteiger partial charge in [0.25, 0.3) is 0 Å². The van der Waals surface area contributed by atoms with Crippen LogP contribution < -0.4 is 4.72 Å². The Kier molecular flexibility index (Phi) is 3.92. The molecule has 94 valence electrons. The number of hydrogen-bond acceptors (Lipinski definition) is 4. The fraction of sp³-hybridized carbons (Fsp3) is 0.222. The number of aliphatic carboxylic acids is 1. The quantitative estimate of drug-likeness (QED) is 0.694. The number of aromatic hydroxyl groups is 1. The van der Waals surface area contributed by atoms with E-state index in [1.165, 1.54) is 24.3 Å². The first-order valence-corrected chi connectivity index (χ1v) is 6.00. The van der Waals surface area contributed by atoms with Gasteiger partial charge in [0.1, 0.15) is 12.3 Å². The maximum Gasteiger partial charge on any atom is 0.318 e. The first kappa shape index (κ1) is 13.3. The Morgan fingerprint density at radius 3 is 2.65 bits per heavy atom.